The van der Waals surface area contributed by atoms with Gasteiger partial charge in [0.25, 0.3) is 5.91 Å². The van der Waals surface area contributed by atoms with E-state index in [1.165, 1.54) is 40.8 Å². The summed E-state index contributed by atoms with van der Waals surface area (Å²) >= 11 is 1.74. The first-order valence-corrected chi connectivity index (χ1v) is 13.1. The summed E-state index contributed by atoms with van der Waals surface area (Å²) in [7, 11) is 1.62. The summed E-state index contributed by atoms with van der Waals surface area (Å²) < 4.78 is 5.11. The molecule has 3 N–H and O–H groups in total. The monoisotopic (exact) mass is 495 g/mol. The fourth-order valence-electron chi connectivity index (χ4n) is 4.36. The Bertz CT molecular complexity index is 1110. The molecule has 1 atom stereocenters. The van der Waals surface area contributed by atoms with E-state index < -0.39 is 0 Å². The van der Waals surface area contributed by atoms with Crippen LogP contribution in [-0.4, -0.2) is 30.9 Å². The lowest BCUT2D eigenvalue weighted by Gasteiger charge is -2.23. The number of ether oxygens (including phenoxy) is 1. The molecule has 1 aliphatic heterocycles. The Balaban J connectivity index is 0.000000179. The van der Waals surface area contributed by atoms with Gasteiger partial charge >= 0.3 is 0 Å². The van der Waals surface area contributed by atoms with Crippen molar-refractivity contribution in [3.63, 3.8) is 0 Å². The summed E-state index contributed by atoms with van der Waals surface area (Å²) in [6.07, 6.45) is 11.3. The molecule has 1 saturated carbocycles. The van der Waals surface area contributed by atoms with Crippen LogP contribution in [0.5, 0.6) is 5.75 Å². The van der Waals surface area contributed by atoms with Gasteiger partial charge < -0.3 is 15.4 Å². The molecule has 0 radical (unpaired) electrons. The minimum atomic E-state index is -0.221. The molecule has 186 valence electrons. The van der Waals surface area contributed by atoms with Gasteiger partial charge in [0.1, 0.15) is 11.8 Å². The molecule has 1 saturated heterocycles. The van der Waals surface area contributed by atoms with Crippen molar-refractivity contribution in [2.24, 2.45) is 0 Å². The van der Waals surface area contributed by atoms with Crippen molar-refractivity contribution in [2.75, 3.05) is 12.4 Å². The van der Waals surface area contributed by atoms with Crippen molar-refractivity contribution in [1.82, 2.24) is 10.6 Å². The molecule has 2 heterocycles. The number of thiophene rings is 1. The zero-order valence-corrected chi connectivity index (χ0v) is 21.2. The number of amides is 3. The van der Waals surface area contributed by atoms with Crippen molar-refractivity contribution in [3.8, 4) is 5.75 Å². The molecule has 35 heavy (non-hydrogen) atoms. The van der Waals surface area contributed by atoms with Gasteiger partial charge in [0.05, 0.1) is 12.1 Å². The van der Waals surface area contributed by atoms with E-state index in [4.69, 9.17) is 4.74 Å². The third-order valence-corrected chi connectivity index (χ3v) is 8.05. The zero-order chi connectivity index (χ0) is 24.8. The van der Waals surface area contributed by atoms with Crippen molar-refractivity contribution in [2.45, 2.75) is 70.8 Å². The topological polar surface area (TPSA) is 96.5 Å². The van der Waals surface area contributed by atoms with E-state index in [0.29, 0.717) is 18.4 Å². The number of aryl methyl sites for hydroxylation is 1. The lowest BCUT2D eigenvalue weighted by Crippen LogP contribution is -2.49. The number of carbonyl (C=O) groups is 3. The molecule has 7 nitrogen and oxygen atoms in total. The van der Waals surface area contributed by atoms with Gasteiger partial charge in [-0.25, -0.2) is 0 Å². The molecule has 2 aliphatic carbocycles. The minimum Gasteiger partial charge on any atom is -0.497 e. The summed E-state index contributed by atoms with van der Waals surface area (Å²) in [4.78, 5) is 35.9. The number of allylic oxidation sites excluding steroid dienone is 1. The second kappa shape index (κ2) is 11.5. The number of rotatable bonds is 5. The lowest BCUT2D eigenvalue weighted by atomic mass is 9.93. The van der Waals surface area contributed by atoms with Crippen LogP contribution in [0.3, 0.4) is 0 Å². The molecule has 3 aliphatic rings. The van der Waals surface area contributed by atoms with E-state index in [-0.39, 0.29) is 23.8 Å². The molecule has 3 amide bonds. The van der Waals surface area contributed by atoms with Crippen LogP contribution < -0.4 is 20.7 Å². The number of fused-ring (bicyclic) bond motifs is 1. The Morgan fingerprint density at radius 1 is 1.06 bits per heavy atom. The molecule has 2 fully saturated rings. The zero-order valence-electron chi connectivity index (χ0n) is 20.4. The number of hydrogen-bond donors (Lipinski definition) is 3. The quantitative estimate of drug-likeness (QED) is 0.525. The predicted octanol–water partition coefficient (Wildman–Crippen LogP) is 4.65. The summed E-state index contributed by atoms with van der Waals surface area (Å²) in [5, 5.41) is 9.45. The highest BCUT2D eigenvalue weighted by molar-refractivity contribution is 7.16. The molecular weight excluding hydrogens is 462 g/mol. The smallest absolute Gasteiger partial charge is 0.256 e. The highest BCUT2D eigenvalue weighted by Gasteiger charge is 2.25. The van der Waals surface area contributed by atoms with Crippen LogP contribution in [0.25, 0.3) is 0 Å². The van der Waals surface area contributed by atoms with Crippen molar-refractivity contribution in [1.29, 1.82) is 0 Å². The molecule has 2 aromatic rings. The number of nitrogens with one attached hydrogen (secondary N) is 3. The van der Waals surface area contributed by atoms with Gasteiger partial charge in [-0.15, -0.1) is 11.3 Å². The number of anilines is 1. The average molecular weight is 496 g/mol. The maximum atomic E-state index is 12.3. The van der Waals surface area contributed by atoms with Gasteiger partial charge in [0.15, 0.2) is 0 Å². The van der Waals surface area contributed by atoms with Crippen LogP contribution in [0.15, 0.2) is 36.0 Å². The van der Waals surface area contributed by atoms with E-state index >= 15 is 0 Å². The molecule has 1 aromatic carbocycles. The van der Waals surface area contributed by atoms with E-state index in [1.54, 1.807) is 42.7 Å². The largest absolute Gasteiger partial charge is 0.497 e. The fraction of sp³-hybridized carbons (Fsp3) is 0.444. The predicted molar refractivity (Wildman–Crippen MR) is 138 cm³/mol. The number of imide groups is 1. The van der Waals surface area contributed by atoms with Gasteiger partial charge in [-0.1, -0.05) is 5.57 Å². The van der Waals surface area contributed by atoms with Crippen LogP contribution in [0.2, 0.25) is 0 Å². The number of benzene rings is 1. The van der Waals surface area contributed by atoms with Gasteiger partial charge in [0.2, 0.25) is 11.8 Å². The van der Waals surface area contributed by atoms with E-state index in [1.807, 2.05) is 6.20 Å². The van der Waals surface area contributed by atoms with Gasteiger partial charge in [-0.3, -0.25) is 19.7 Å². The summed E-state index contributed by atoms with van der Waals surface area (Å²) in [6.45, 7) is 2.12. The molecular formula is C27H33N3O4S. The maximum absolute atomic E-state index is 12.3. The van der Waals surface area contributed by atoms with Crippen LogP contribution in [0.4, 0.5) is 5.00 Å². The van der Waals surface area contributed by atoms with Crippen LogP contribution in [-0.2, 0) is 22.4 Å². The third kappa shape index (κ3) is 6.31. The normalized spacial score (nSPS) is 18.8. The van der Waals surface area contributed by atoms with Gasteiger partial charge in [-0.2, -0.15) is 0 Å². The Morgan fingerprint density at radius 3 is 2.43 bits per heavy atom. The number of hydrogen-bond acceptors (Lipinski definition) is 6. The Hall–Kier alpha value is -3.13. The first-order chi connectivity index (χ1) is 16.9. The first kappa shape index (κ1) is 25.0. The SMILES string of the molecule is COc1ccc(C(=O)Nc2sc3c(c2C)CCCC3)cc1.O=C1CCC(NC=C2CCC2)C(=O)N1. The van der Waals surface area contributed by atoms with E-state index in [0.717, 1.165) is 36.4 Å². The molecule has 1 unspecified atom stereocenters. The Morgan fingerprint density at radius 2 is 1.80 bits per heavy atom. The highest BCUT2D eigenvalue weighted by Crippen LogP contribution is 2.37. The second-order valence-electron chi connectivity index (χ2n) is 9.17. The third-order valence-electron chi connectivity index (χ3n) is 6.74. The van der Waals surface area contributed by atoms with Crippen LogP contribution >= 0.6 is 11.3 Å². The van der Waals surface area contributed by atoms with E-state index in [9.17, 15) is 14.4 Å². The van der Waals surface area contributed by atoms with Crippen molar-refractivity contribution in [3.05, 3.63) is 57.6 Å². The molecule has 8 heteroatoms. The number of carbonyl (C=O) groups excluding carboxylic acids is 3. The number of piperidine rings is 1. The Kier molecular flexibility index (Phi) is 8.23. The lowest BCUT2D eigenvalue weighted by molar-refractivity contribution is -0.134. The first-order valence-electron chi connectivity index (χ1n) is 12.3. The average Bonchev–Trinajstić information content (AvgIpc) is 3.15. The standard InChI is InChI=1S/C17H19NO2S.C10H14N2O2/c1-11-14-5-3-4-6-15(14)21-17(11)18-16(19)12-7-9-13(20-2)10-8-12;13-9-5-4-8(10(14)12-9)11-6-7-2-1-3-7/h7-10H,3-6H2,1-2H3,(H,18,19);6,8,11H,1-5H2,(H,12,13,14). The molecule has 1 aromatic heterocycles. The fourth-order valence-corrected chi connectivity index (χ4v) is 5.65. The van der Waals surface area contributed by atoms with Gasteiger partial charge in [-0.05, 0) is 99.9 Å². The van der Waals surface area contributed by atoms with E-state index in [2.05, 4.69) is 22.9 Å². The minimum absolute atomic E-state index is 0.0562. The van der Waals surface area contributed by atoms with Crippen LogP contribution in [0.1, 0.15) is 71.3 Å². The molecule has 0 bridgehead atoms. The second-order valence-corrected chi connectivity index (χ2v) is 10.3. The molecule has 5 rings (SSSR count). The summed E-state index contributed by atoms with van der Waals surface area (Å²) in [6, 6.07) is 6.97. The highest BCUT2D eigenvalue weighted by atomic mass is 32.1. The summed E-state index contributed by atoms with van der Waals surface area (Å²) in [5.74, 6) is 0.343. The van der Waals surface area contributed by atoms with Gasteiger partial charge in [0, 0.05) is 16.9 Å². The maximum Gasteiger partial charge on any atom is 0.256 e. The summed E-state index contributed by atoms with van der Waals surface area (Å²) in [5.41, 5.74) is 4.73. The van der Waals surface area contributed by atoms with Crippen LogP contribution in [0, 0.1) is 6.92 Å². The Labute approximate surface area is 210 Å². The molecule has 0 spiro atoms. The van der Waals surface area contributed by atoms with Crippen molar-refractivity contribution >= 4 is 34.1 Å². The number of methoxy groups -OCH3 is 1. The van der Waals surface area contributed by atoms with Crippen molar-refractivity contribution < 1.29 is 19.1 Å².